The lowest BCUT2D eigenvalue weighted by Gasteiger charge is -2.44. The van der Waals surface area contributed by atoms with Crippen LogP contribution in [-0.2, 0) is 0 Å². The van der Waals surface area contributed by atoms with Gasteiger partial charge in [0, 0.05) is 15.7 Å². The minimum Gasteiger partial charge on any atom is -0.497 e. The standard InChI is InChI=1S/C22H18FIN2O/c1-27-20-12-10-19(11-13-20)26-21(15-2-4-16(23)5-3-15)14-22(26)25-18-8-6-17(24)7-9-18/h2-13,21H,14H2,1H3. The molecule has 0 bridgehead atoms. The number of anilines is 1. The molecule has 1 fully saturated rings. The van der Waals surface area contributed by atoms with Crippen LogP contribution in [0.15, 0.2) is 77.8 Å². The summed E-state index contributed by atoms with van der Waals surface area (Å²) in [5.41, 5.74) is 3.05. The van der Waals surface area contributed by atoms with Gasteiger partial charge in [0.25, 0.3) is 0 Å². The van der Waals surface area contributed by atoms with Gasteiger partial charge in [0.2, 0.25) is 0 Å². The van der Waals surface area contributed by atoms with E-state index in [0.717, 1.165) is 34.9 Å². The van der Waals surface area contributed by atoms with Gasteiger partial charge in [-0.1, -0.05) is 12.1 Å². The number of methoxy groups -OCH3 is 1. The molecule has 1 saturated heterocycles. The monoisotopic (exact) mass is 472 g/mol. The van der Waals surface area contributed by atoms with Crippen molar-refractivity contribution in [1.82, 2.24) is 0 Å². The molecule has 4 rings (SSSR count). The summed E-state index contributed by atoms with van der Waals surface area (Å²) >= 11 is 2.29. The maximum atomic E-state index is 13.3. The summed E-state index contributed by atoms with van der Waals surface area (Å²) in [6.45, 7) is 0. The highest BCUT2D eigenvalue weighted by Crippen LogP contribution is 2.41. The van der Waals surface area contributed by atoms with Crippen molar-refractivity contribution in [2.24, 2.45) is 4.99 Å². The number of hydrogen-bond acceptors (Lipinski definition) is 2. The van der Waals surface area contributed by atoms with E-state index in [1.165, 1.54) is 15.7 Å². The van der Waals surface area contributed by atoms with Gasteiger partial charge >= 0.3 is 0 Å². The fourth-order valence-electron chi connectivity index (χ4n) is 3.22. The summed E-state index contributed by atoms with van der Waals surface area (Å²) in [6.07, 6.45) is 0.809. The number of ether oxygens (including phenoxy) is 1. The van der Waals surface area contributed by atoms with Gasteiger partial charge < -0.3 is 9.64 Å². The SMILES string of the molecule is COc1ccc(N2C(=Nc3ccc(I)cc3)CC2c2ccc(F)cc2)cc1. The van der Waals surface area contributed by atoms with E-state index in [1.54, 1.807) is 7.11 Å². The first-order chi connectivity index (χ1) is 13.1. The molecule has 3 nitrogen and oxygen atoms in total. The largest absolute Gasteiger partial charge is 0.497 e. The van der Waals surface area contributed by atoms with Crippen molar-refractivity contribution < 1.29 is 9.13 Å². The number of aliphatic imine (C=N–C) groups is 1. The Balaban J connectivity index is 1.69. The molecular weight excluding hydrogens is 454 g/mol. The average molecular weight is 472 g/mol. The number of nitrogens with zero attached hydrogens (tertiary/aromatic N) is 2. The van der Waals surface area contributed by atoms with Crippen LogP contribution in [-0.4, -0.2) is 12.9 Å². The van der Waals surface area contributed by atoms with Crippen LogP contribution >= 0.6 is 22.6 Å². The summed E-state index contributed by atoms with van der Waals surface area (Å²) < 4.78 is 19.8. The summed E-state index contributed by atoms with van der Waals surface area (Å²) in [4.78, 5) is 7.03. The van der Waals surface area contributed by atoms with Crippen LogP contribution in [0.4, 0.5) is 15.8 Å². The van der Waals surface area contributed by atoms with Gasteiger partial charge in [-0.05, 0) is 88.8 Å². The van der Waals surface area contributed by atoms with Crippen molar-refractivity contribution >= 4 is 39.8 Å². The molecule has 27 heavy (non-hydrogen) atoms. The Hall–Kier alpha value is -2.41. The summed E-state index contributed by atoms with van der Waals surface area (Å²) in [6, 6.07) is 22.9. The number of rotatable bonds is 4. The van der Waals surface area contributed by atoms with Gasteiger partial charge in [-0.2, -0.15) is 0 Å². The molecule has 136 valence electrons. The van der Waals surface area contributed by atoms with Crippen molar-refractivity contribution in [2.75, 3.05) is 12.0 Å². The van der Waals surface area contributed by atoms with E-state index in [0.29, 0.717) is 0 Å². The highest BCUT2D eigenvalue weighted by atomic mass is 127. The molecule has 0 spiro atoms. The lowest BCUT2D eigenvalue weighted by atomic mass is 9.92. The van der Waals surface area contributed by atoms with Gasteiger partial charge in [0.05, 0.1) is 18.8 Å². The highest BCUT2D eigenvalue weighted by Gasteiger charge is 2.36. The van der Waals surface area contributed by atoms with E-state index in [-0.39, 0.29) is 11.9 Å². The van der Waals surface area contributed by atoms with Crippen molar-refractivity contribution in [3.05, 3.63) is 87.7 Å². The molecule has 1 atom stereocenters. The molecule has 3 aromatic carbocycles. The van der Waals surface area contributed by atoms with E-state index < -0.39 is 0 Å². The summed E-state index contributed by atoms with van der Waals surface area (Å²) in [5.74, 6) is 1.59. The minimum absolute atomic E-state index is 0.140. The van der Waals surface area contributed by atoms with Crippen molar-refractivity contribution in [1.29, 1.82) is 0 Å². The van der Waals surface area contributed by atoms with Crippen LogP contribution in [0.5, 0.6) is 5.75 Å². The molecule has 1 unspecified atom stereocenters. The zero-order chi connectivity index (χ0) is 18.8. The first-order valence-corrected chi connectivity index (χ1v) is 9.74. The Morgan fingerprint density at radius 3 is 2.26 bits per heavy atom. The van der Waals surface area contributed by atoms with E-state index in [9.17, 15) is 4.39 Å². The second-order valence-electron chi connectivity index (χ2n) is 6.34. The lowest BCUT2D eigenvalue weighted by Crippen LogP contribution is -2.46. The molecule has 0 saturated carbocycles. The molecule has 1 aliphatic heterocycles. The first kappa shape index (κ1) is 18.0. The Bertz CT molecular complexity index is 953. The molecule has 1 heterocycles. The second-order valence-corrected chi connectivity index (χ2v) is 7.59. The molecule has 0 radical (unpaired) electrons. The van der Waals surface area contributed by atoms with E-state index in [4.69, 9.17) is 9.73 Å². The highest BCUT2D eigenvalue weighted by molar-refractivity contribution is 14.1. The van der Waals surface area contributed by atoms with Crippen LogP contribution in [0.25, 0.3) is 0 Å². The second kappa shape index (κ2) is 7.68. The van der Waals surface area contributed by atoms with Gasteiger partial charge in [0.15, 0.2) is 0 Å². The molecule has 0 amide bonds. The average Bonchev–Trinajstić information content (AvgIpc) is 2.68. The molecule has 0 N–H and O–H groups in total. The molecule has 3 aromatic rings. The van der Waals surface area contributed by atoms with E-state index in [1.807, 2.05) is 60.7 Å². The Morgan fingerprint density at radius 1 is 0.963 bits per heavy atom. The number of amidine groups is 1. The molecule has 0 aliphatic carbocycles. The van der Waals surface area contributed by atoms with Crippen LogP contribution in [0.1, 0.15) is 18.0 Å². The van der Waals surface area contributed by atoms with Gasteiger partial charge in [0.1, 0.15) is 17.4 Å². The predicted molar refractivity (Wildman–Crippen MR) is 115 cm³/mol. The van der Waals surface area contributed by atoms with Crippen LogP contribution < -0.4 is 9.64 Å². The lowest BCUT2D eigenvalue weighted by molar-refractivity contribution is 0.415. The van der Waals surface area contributed by atoms with Crippen molar-refractivity contribution in [2.45, 2.75) is 12.5 Å². The Morgan fingerprint density at radius 2 is 1.63 bits per heavy atom. The summed E-state index contributed by atoms with van der Waals surface area (Å²) in [5, 5.41) is 0. The molecule has 0 aromatic heterocycles. The third-order valence-electron chi connectivity index (χ3n) is 4.66. The van der Waals surface area contributed by atoms with Crippen LogP contribution in [0, 0.1) is 9.39 Å². The molecule has 1 aliphatic rings. The number of benzene rings is 3. The predicted octanol–water partition coefficient (Wildman–Crippen LogP) is 6.12. The number of hydrogen-bond donors (Lipinski definition) is 0. The quantitative estimate of drug-likeness (QED) is 0.428. The van der Waals surface area contributed by atoms with Crippen molar-refractivity contribution in [3.63, 3.8) is 0 Å². The summed E-state index contributed by atoms with van der Waals surface area (Å²) in [7, 11) is 1.66. The van der Waals surface area contributed by atoms with Crippen LogP contribution in [0.2, 0.25) is 0 Å². The minimum atomic E-state index is -0.221. The van der Waals surface area contributed by atoms with E-state index >= 15 is 0 Å². The first-order valence-electron chi connectivity index (χ1n) is 8.66. The van der Waals surface area contributed by atoms with Crippen molar-refractivity contribution in [3.8, 4) is 5.75 Å². The molecular formula is C22H18FIN2O. The number of halogens is 2. The zero-order valence-corrected chi connectivity index (χ0v) is 16.9. The maximum Gasteiger partial charge on any atom is 0.123 e. The van der Waals surface area contributed by atoms with Gasteiger partial charge in [-0.25, -0.2) is 9.38 Å². The fraction of sp³-hybridized carbons (Fsp3) is 0.136. The zero-order valence-electron chi connectivity index (χ0n) is 14.8. The van der Waals surface area contributed by atoms with Crippen LogP contribution in [0.3, 0.4) is 0 Å². The van der Waals surface area contributed by atoms with Gasteiger partial charge in [-0.15, -0.1) is 0 Å². The van der Waals surface area contributed by atoms with Gasteiger partial charge in [-0.3, -0.25) is 0 Å². The normalized spacial score (nSPS) is 17.7. The third-order valence-corrected chi connectivity index (χ3v) is 5.37. The molecule has 5 heteroatoms. The topological polar surface area (TPSA) is 24.8 Å². The Labute approximate surface area is 171 Å². The fourth-order valence-corrected chi connectivity index (χ4v) is 3.58. The maximum absolute atomic E-state index is 13.3. The van der Waals surface area contributed by atoms with E-state index in [2.05, 4.69) is 27.5 Å². The Kier molecular flexibility index (Phi) is 5.11. The third kappa shape index (κ3) is 3.83. The smallest absolute Gasteiger partial charge is 0.123 e.